The summed E-state index contributed by atoms with van der Waals surface area (Å²) in [5, 5.41) is 7.73. The lowest BCUT2D eigenvalue weighted by Gasteiger charge is -2.13. The molecule has 1 atom stereocenters. The van der Waals surface area contributed by atoms with Crippen molar-refractivity contribution in [1.29, 1.82) is 5.41 Å². The Bertz CT molecular complexity index is 182. The standard InChI is InChI=1S/C14H27N/c1-5-13(14(15)6-2)11-9-7-8-10-12(3)4/h6,12-13,15H,2,5,7-11H2,1,3-4H3. The second-order valence-corrected chi connectivity index (χ2v) is 4.80. The average molecular weight is 209 g/mol. The van der Waals surface area contributed by atoms with Gasteiger partial charge >= 0.3 is 0 Å². The second kappa shape index (κ2) is 8.70. The predicted molar refractivity (Wildman–Crippen MR) is 69.6 cm³/mol. The van der Waals surface area contributed by atoms with Gasteiger partial charge in [0.15, 0.2) is 0 Å². The molecule has 0 spiro atoms. The van der Waals surface area contributed by atoms with Gasteiger partial charge in [-0.25, -0.2) is 0 Å². The zero-order chi connectivity index (χ0) is 11.7. The SMILES string of the molecule is C=CC(=N)C(CC)CCCCCC(C)C. The summed E-state index contributed by atoms with van der Waals surface area (Å²) < 4.78 is 0. The van der Waals surface area contributed by atoms with Gasteiger partial charge in [-0.1, -0.05) is 53.0 Å². The fourth-order valence-electron chi connectivity index (χ4n) is 1.87. The Morgan fingerprint density at radius 3 is 2.27 bits per heavy atom. The first-order valence-corrected chi connectivity index (χ1v) is 6.32. The molecule has 0 aliphatic heterocycles. The smallest absolute Gasteiger partial charge is 0.0338 e. The highest BCUT2D eigenvalue weighted by Gasteiger charge is 2.08. The lowest BCUT2D eigenvalue weighted by Crippen LogP contribution is -2.09. The second-order valence-electron chi connectivity index (χ2n) is 4.80. The van der Waals surface area contributed by atoms with Crippen LogP contribution < -0.4 is 0 Å². The number of hydrogen-bond donors (Lipinski definition) is 1. The fourth-order valence-corrected chi connectivity index (χ4v) is 1.87. The maximum atomic E-state index is 7.73. The Morgan fingerprint density at radius 1 is 1.20 bits per heavy atom. The van der Waals surface area contributed by atoms with Crippen LogP contribution in [0, 0.1) is 17.2 Å². The normalized spacial score (nSPS) is 12.8. The first-order chi connectivity index (χ1) is 7.11. The van der Waals surface area contributed by atoms with Crippen molar-refractivity contribution in [2.45, 2.75) is 59.3 Å². The first-order valence-electron chi connectivity index (χ1n) is 6.32. The van der Waals surface area contributed by atoms with Gasteiger partial charge in [-0.3, -0.25) is 0 Å². The molecule has 0 saturated heterocycles. The Labute approximate surface area is 95.5 Å². The summed E-state index contributed by atoms with van der Waals surface area (Å²) in [5.74, 6) is 1.28. The lowest BCUT2D eigenvalue weighted by molar-refractivity contribution is 0.494. The van der Waals surface area contributed by atoms with Crippen LogP contribution >= 0.6 is 0 Å². The number of unbranched alkanes of at least 4 members (excludes halogenated alkanes) is 2. The molecule has 0 aliphatic rings. The molecule has 0 fully saturated rings. The van der Waals surface area contributed by atoms with Crippen LogP contribution in [-0.4, -0.2) is 5.71 Å². The van der Waals surface area contributed by atoms with E-state index in [2.05, 4.69) is 27.4 Å². The quantitative estimate of drug-likeness (QED) is 0.415. The van der Waals surface area contributed by atoms with E-state index in [0.717, 1.165) is 18.1 Å². The number of rotatable bonds is 9. The van der Waals surface area contributed by atoms with E-state index in [-0.39, 0.29) is 0 Å². The van der Waals surface area contributed by atoms with Crippen LogP contribution in [0.1, 0.15) is 59.3 Å². The van der Waals surface area contributed by atoms with Crippen molar-refractivity contribution in [3.05, 3.63) is 12.7 Å². The molecule has 0 amide bonds. The number of nitrogens with one attached hydrogen (secondary N) is 1. The molecule has 0 aromatic rings. The molecule has 0 aromatic heterocycles. The largest absolute Gasteiger partial charge is 0.305 e. The Kier molecular flexibility index (Phi) is 8.35. The lowest BCUT2D eigenvalue weighted by atomic mass is 9.93. The van der Waals surface area contributed by atoms with Gasteiger partial charge in [0.2, 0.25) is 0 Å². The van der Waals surface area contributed by atoms with Crippen molar-refractivity contribution < 1.29 is 0 Å². The molecular formula is C14H27N. The summed E-state index contributed by atoms with van der Waals surface area (Å²) in [6.45, 7) is 10.4. The molecule has 0 bridgehead atoms. The van der Waals surface area contributed by atoms with Gasteiger partial charge < -0.3 is 5.41 Å². The van der Waals surface area contributed by atoms with E-state index >= 15 is 0 Å². The maximum absolute atomic E-state index is 7.73. The first kappa shape index (κ1) is 14.4. The summed E-state index contributed by atoms with van der Waals surface area (Å²) in [6.07, 6.45) is 9.21. The molecule has 0 heterocycles. The van der Waals surface area contributed by atoms with E-state index in [4.69, 9.17) is 5.41 Å². The van der Waals surface area contributed by atoms with E-state index in [0.29, 0.717) is 5.92 Å². The third-order valence-electron chi connectivity index (χ3n) is 2.99. The molecule has 0 radical (unpaired) electrons. The van der Waals surface area contributed by atoms with Crippen LogP contribution in [0.15, 0.2) is 12.7 Å². The van der Waals surface area contributed by atoms with Crippen molar-refractivity contribution in [3.8, 4) is 0 Å². The number of allylic oxidation sites excluding steroid dienone is 1. The maximum Gasteiger partial charge on any atom is 0.0338 e. The molecule has 88 valence electrons. The molecule has 1 nitrogen and oxygen atoms in total. The fraction of sp³-hybridized carbons (Fsp3) is 0.786. The summed E-state index contributed by atoms with van der Waals surface area (Å²) in [5.41, 5.74) is 0.723. The molecule has 1 unspecified atom stereocenters. The molecule has 1 N–H and O–H groups in total. The van der Waals surface area contributed by atoms with Gasteiger partial charge in [-0.05, 0) is 24.8 Å². The van der Waals surface area contributed by atoms with Gasteiger partial charge in [-0.15, -0.1) is 0 Å². The Morgan fingerprint density at radius 2 is 1.80 bits per heavy atom. The molecule has 1 heteroatoms. The summed E-state index contributed by atoms with van der Waals surface area (Å²) in [7, 11) is 0. The molecule has 0 aromatic carbocycles. The molecule has 15 heavy (non-hydrogen) atoms. The minimum atomic E-state index is 0.446. The minimum absolute atomic E-state index is 0.446. The van der Waals surface area contributed by atoms with Gasteiger partial charge in [0.05, 0.1) is 0 Å². The Hall–Kier alpha value is -0.590. The average Bonchev–Trinajstić information content (AvgIpc) is 2.22. The van der Waals surface area contributed by atoms with Crippen LogP contribution in [0.3, 0.4) is 0 Å². The van der Waals surface area contributed by atoms with Crippen LogP contribution in [0.4, 0.5) is 0 Å². The van der Waals surface area contributed by atoms with E-state index in [1.807, 2.05) is 0 Å². The van der Waals surface area contributed by atoms with E-state index in [9.17, 15) is 0 Å². The third-order valence-corrected chi connectivity index (χ3v) is 2.99. The topological polar surface area (TPSA) is 23.9 Å². The minimum Gasteiger partial charge on any atom is -0.305 e. The van der Waals surface area contributed by atoms with Crippen molar-refractivity contribution in [2.75, 3.05) is 0 Å². The molecular weight excluding hydrogens is 182 g/mol. The van der Waals surface area contributed by atoms with Crippen molar-refractivity contribution in [2.24, 2.45) is 11.8 Å². The summed E-state index contributed by atoms with van der Waals surface area (Å²) >= 11 is 0. The van der Waals surface area contributed by atoms with Crippen LogP contribution in [-0.2, 0) is 0 Å². The summed E-state index contributed by atoms with van der Waals surface area (Å²) in [4.78, 5) is 0. The van der Waals surface area contributed by atoms with Gasteiger partial charge in [0.1, 0.15) is 0 Å². The zero-order valence-corrected chi connectivity index (χ0v) is 10.7. The van der Waals surface area contributed by atoms with Crippen molar-refractivity contribution >= 4 is 5.71 Å². The van der Waals surface area contributed by atoms with Crippen molar-refractivity contribution in [3.63, 3.8) is 0 Å². The monoisotopic (exact) mass is 209 g/mol. The predicted octanol–water partition coefficient (Wildman–Crippen LogP) is 4.82. The van der Waals surface area contributed by atoms with Crippen molar-refractivity contribution in [1.82, 2.24) is 0 Å². The highest BCUT2D eigenvalue weighted by Crippen LogP contribution is 2.17. The van der Waals surface area contributed by atoms with Crippen LogP contribution in [0.25, 0.3) is 0 Å². The zero-order valence-electron chi connectivity index (χ0n) is 10.7. The highest BCUT2D eigenvalue weighted by molar-refractivity contribution is 5.93. The Balaban J connectivity index is 3.55. The molecule has 0 rings (SSSR count). The van der Waals surface area contributed by atoms with E-state index in [1.165, 1.54) is 32.1 Å². The van der Waals surface area contributed by atoms with E-state index in [1.54, 1.807) is 6.08 Å². The van der Waals surface area contributed by atoms with E-state index < -0.39 is 0 Å². The van der Waals surface area contributed by atoms with Gasteiger partial charge in [-0.2, -0.15) is 0 Å². The molecule has 0 saturated carbocycles. The number of hydrogen-bond acceptors (Lipinski definition) is 1. The molecule has 0 aliphatic carbocycles. The third kappa shape index (κ3) is 7.35. The van der Waals surface area contributed by atoms with Gasteiger partial charge in [0, 0.05) is 11.6 Å². The van der Waals surface area contributed by atoms with Gasteiger partial charge in [0.25, 0.3) is 0 Å². The highest BCUT2D eigenvalue weighted by atomic mass is 14.4. The van der Waals surface area contributed by atoms with Crippen LogP contribution in [0.2, 0.25) is 0 Å². The van der Waals surface area contributed by atoms with Crippen LogP contribution in [0.5, 0.6) is 0 Å². The summed E-state index contributed by atoms with van der Waals surface area (Å²) in [6, 6.07) is 0.